The van der Waals surface area contributed by atoms with E-state index in [0.717, 1.165) is 24.2 Å². The monoisotopic (exact) mass is 269 g/mol. The topological polar surface area (TPSA) is 49.0 Å². The normalized spacial score (nSPS) is 17.3. The Morgan fingerprint density at radius 3 is 2.95 bits per heavy atom. The molecule has 1 N–H and O–H groups in total. The molecule has 4 nitrogen and oxygen atoms in total. The van der Waals surface area contributed by atoms with Crippen LogP contribution in [0.2, 0.25) is 0 Å². The highest BCUT2D eigenvalue weighted by atomic mass is 16.1. The summed E-state index contributed by atoms with van der Waals surface area (Å²) in [6.45, 7) is 1.99. The van der Waals surface area contributed by atoms with Crippen molar-refractivity contribution in [3.63, 3.8) is 0 Å². The number of aromatic nitrogens is 2. The number of fused-ring (bicyclic) bond motifs is 1. The van der Waals surface area contributed by atoms with Gasteiger partial charge >= 0.3 is 0 Å². The van der Waals surface area contributed by atoms with E-state index in [-0.39, 0.29) is 6.04 Å². The molecule has 4 heteroatoms. The van der Waals surface area contributed by atoms with Crippen LogP contribution in [-0.4, -0.2) is 28.8 Å². The van der Waals surface area contributed by atoms with E-state index in [1.165, 1.54) is 11.3 Å². The Morgan fingerprint density at radius 1 is 1.45 bits per heavy atom. The lowest BCUT2D eigenvalue weighted by Gasteiger charge is -2.21. The van der Waals surface area contributed by atoms with E-state index in [4.69, 9.17) is 0 Å². The average Bonchev–Trinajstić information content (AvgIpc) is 3.01. The number of H-pyrrole nitrogens is 1. The van der Waals surface area contributed by atoms with Gasteiger partial charge in [-0.05, 0) is 25.0 Å². The van der Waals surface area contributed by atoms with Crippen LogP contribution in [-0.2, 0) is 17.6 Å². The van der Waals surface area contributed by atoms with E-state index >= 15 is 0 Å². The summed E-state index contributed by atoms with van der Waals surface area (Å²) >= 11 is 0. The van der Waals surface area contributed by atoms with Crippen molar-refractivity contribution in [2.24, 2.45) is 0 Å². The fourth-order valence-electron chi connectivity index (χ4n) is 2.92. The van der Waals surface area contributed by atoms with Gasteiger partial charge in [0.1, 0.15) is 0 Å². The van der Waals surface area contributed by atoms with Crippen LogP contribution in [0.15, 0.2) is 30.6 Å². The summed E-state index contributed by atoms with van der Waals surface area (Å²) in [5.74, 6) is 0.297. The molecule has 1 aromatic carbocycles. The Hall–Kier alpha value is -2.10. The Bertz CT molecular complexity index is 632. The fourth-order valence-corrected chi connectivity index (χ4v) is 2.92. The van der Waals surface area contributed by atoms with Gasteiger partial charge in [0.15, 0.2) is 5.78 Å². The molecular weight excluding hydrogens is 250 g/mol. The summed E-state index contributed by atoms with van der Waals surface area (Å²) in [6.07, 6.45) is 3.78. The third-order valence-electron chi connectivity index (χ3n) is 4.17. The van der Waals surface area contributed by atoms with Crippen LogP contribution >= 0.6 is 0 Å². The van der Waals surface area contributed by atoms with E-state index in [1.807, 2.05) is 26.1 Å². The second kappa shape index (κ2) is 5.12. The highest BCUT2D eigenvalue weighted by Gasteiger charge is 2.31. The van der Waals surface area contributed by atoms with Crippen LogP contribution in [0, 0.1) is 6.92 Å². The van der Waals surface area contributed by atoms with Crippen molar-refractivity contribution < 1.29 is 4.79 Å². The van der Waals surface area contributed by atoms with Crippen LogP contribution in [0.3, 0.4) is 0 Å². The van der Waals surface area contributed by atoms with Crippen molar-refractivity contribution in [3.8, 4) is 0 Å². The summed E-state index contributed by atoms with van der Waals surface area (Å²) in [5.41, 5.74) is 4.50. The standard InChI is InChI=1S/C16H19N3O/c1-11-13(18-10-17-11)7-8-16(20)15-9-12-5-3-4-6-14(12)19(15)2/h3-6,10,15H,7-9H2,1-2H3,(H,17,18). The van der Waals surface area contributed by atoms with Crippen LogP contribution in [0.1, 0.15) is 23.4 Å². The number of nitrogens with zero attached hydrogens (tertiary/aromatic N) is 2. The molecule has 0 amide bonds. The minimum Gasteiger partial charge on any atom is -0.364 e. The number of para-hydroxylation sites is 1. The van der Waals surface area contributed by atoms with Crippen LogP contribution < -0.4 is 4.90 Å². The lowest BCUT2D eigenvalue weighted by Crippen LogP contribution is -2.35. The molecular formula is C16H19N3O. The molecule has 20 heavy (non-hydrogen) atoms. The lowest BCUT2D eigenvalue weighted by molar-refractivity contribution is -0.120. The Morgan fingerprint density at radius 2 is 2.25 bits per heavy atom. The molecule has 104 valence electrons. The van der Waals surface area contributed by atoms with E-state index in [0.29, 0.717) is 12.2 Å². The number of hydrogen-bond donors (Lipinski definition) is 1. The number of hydrogen-bond acceptors (Lipinski definition) is 3. The number of carbonyl (C=O) groups is 1. The highest BCUT2D eigenvalue weighted by Crippen LogP contribution is 2.31. The number of benzene rings is 1. The summed E-state index contributed by atoms with van der Waals surface area (Å²) in [5, 5.41) is 0. The number of ketones is 1. The number of rotatable bonds is 4. The SMILES string of the molecule is Cc1[nH]cnc1CCC(=O)C1Cc2ccccc2N1C. The number of Topliss-reactive ketones (excluding diaryl/α,β-unsaturated/α-hetero) is 1. The Kier molecular flexibility index (Phi) is 3.30. The molecule has 0 aliphatic carbocycles. The molecule has 0 radical (unpaired) electrons. The first kappa shape index (κ1) is 12.9. The van der Waals surface area contributed by atoms with Crippen molar-refractivity contribution in [3.05, 3.63) is 47.5 Å². The fraction of sp³-hybridized carbons (Fsp3) is 0.375. The van der Waals surface area contributed by atoms with Gasteiger partial charge in [0.05, 0.1) is 18.1 Å². The Labute approximate surface area is 118 Å². The van der Waals surface area contributed by atoms with Crippen molar-refractivity contribution in [2.75, 3.05) is 11.9 Å². The van der Waals surface area contributed by atoms with Gasteiger partial charge in [-0.3, -0.25) is 4.79 Å². The van der Waals surface area contributed by atoms with Crippen molar-refractivity contribution in [1.82, 2.24) is 9.97 Å². The van der Waals surface area contributed by atoms with Gasteiger partial charge in [0, 0.05) is 31.3 Å². The van der Waals surface area contributed by atoms with Gasteiger partial charge < -0.3 is 9.88 Å². The predicted octanol–water partition coefficient (Wildman–Crippen LogP) is 2.28. The first-order chi connectivity index (χ1) is 9.66. The third kappa shape index (κ3) is 2.22. The number of anilines is 1. The molecule has 1 aliphatic heterocycles. The number of imidazole rings is 1. The second-order valence-corrected chi connectivity index (χ2v) is 5.40. The molecule has 0 spiro atoms. The molecule has 1 aromatic heterocycles. The summed E-state index contributed by atoms with van der Waals surface area (Å²) in [6, 6.07) is 8.23. The molecule has 1 atom stereocenters. The predicted molar refractivity (Wildman–Crippen MR) is 79.0 cm³/mol. The minimum atomic E-state index is -0.0216. The molecule has 1 unspecified atom stereocenters. The third-order valence-corrected chi connectivity index (χ3v) is 4.17. The van der Waals surface area contributed by atoms with Gasteiger partial charge in [-0.15, -0.1) is 0 Å². The van der Waals surface area contributed by atoms with E-state index < -0.39 is 0 Å². The number of aryl methyl sites for hydroxylation is 2. The van der Waals surface area contributed by atoms with Gasteiger partial charge in [0.2, 0.25) is 0 Å². The van der Waals surface area contributed by atoms with Gasteiger partial charge in [0.25, 0.3) is 0 Å². The minimum absolute atomic E-state index is 0.0216. The molecule has 2 heterocycles. The molecule has 0 fully saturated rings. The van der Waals surface area contributed by atoms with E-state index in [2.05, 4.69) is 27.0 Å². The zero-order chi connectivity index (χ0) is 14.1. The zero-order valence-corrected chi connectivity index (χ0v) is 11.9. The summed E-state index contributed by atoms with van der Waals surface area (Å²) < 4.78 is 0. The largest absolute Gasteiger partial charge is 0.364 e. The number of aromatic amines is 1. The summed E-state index contributed by atoms with van der Waals surface area (Å²) in [7, 11) is 2.01. The first-order valence-electron chi connectivity index (χ1n) is 6.99. The maximum absolute atomic E-state index is 12.5. The first-order valence-corrected chi connectivity index (χ1v) is 6.99. The molecule has 0 saturated carbocycles. The maximum Gasteiger partial charge on any atom is 0.155 e. The molecule has 3 rings (SSSR count). The Balaban J connectivity index is 1.66. The lowest BCUT2D eigenvalue weighted by atomic mass is 10.0. The zero-order valence-electron chi connectivity index (χ0n) is 11.9. The van der Waals surface area contributed by atoms with E-state index in [9.17, 15) is 4.79 Å². The molecule has 0 saturated heterocycles. The van der Waals surface area contributed by atoms with Gasteiger partial charge in [-0.1, -0.05) is 18.2 Å². The quantitative estimate of drug-likeness (QED) is 0.926. The van der Waals surface area contributed by atoms with Gasteiger partial charge in [-0.25, -0.2) is 4.98 Å². The maximum atomic E-state index is 12.5. The van der Waals surface area contributed by atoms with E-state index in [1.54, 1.807) is 6.33 Å². The van der Waals surface area contributed by atoms with Crippen molar-refractivity contribution >= 4 is 11.5 Å². The van der Waals surface area contributed by atoms with Crippen molar-refractivity contribution in [1.29, 1.82) is 0 Å². The van der Waals surface area contributed by atoms with Crippen molar-refractivity contribution in [2.45, 2.75) is 32.2 Å². The molecule has 0 bridgehead atoms. The number of nitrogens with one attached hydrogen (secondary N) is 1. The second-order valence-electron chi connectivity index (χ2n) is 5.40. The van der Waals surface area contributed by atoms with Crippen LogP contribution in [0.4, 0.5) is 5.69 Å². The molecule has 2 aromatic rings. The van der Waals surface area contributed by atoms with Crippen LogP contribution in [0.5, 0.6) is 0 Å². The average molecular weight is 269 g/mol. The van der Waals surface area contributed by atoms with Gasteiger partial charge in [-0.2, -0.15) is 0 Å². The molecule has 1 aliphatic rings. The van der Waals surface area contributed by atoms with Crippen LogP contribution in [0.25, 0.3) is 0 Å². The smallest absolute Gasteiger partial charge is 0.155 e. The number of carbonyl (C=O) groups excluding carboxylic acids is 1. The summed E-state index contributed by atoms with van der Waals surface area (Å²) in [4.78, 5) is 21.9. The highest BCUT2D eigenvalue weighted by molar-refractivity contribution is 5.89. The number of likely N-dealkylation sites (N-methyl/N-ethyl adjacent to an activating group) is 1.